The van der Waals surface area contributed by atoms with Crippen molar-refractivity contribution in [1.82, 2.24) is 29.7 Å². The third-order valence-corrected chi connectivity index (χ3v) is 7.49. The summed E-state index contributed by atoms with van der Waals surface area (Å²) < 4.78 is 40.9. The molecule has 2 saturated heterocycles. The van der Waals surface area contributed by atoms with Crippen molar-refractivity contribution in [2.75, 3.05) is 32.7 Å². The summed E-state index contributed by atoms with van der Waals surface area (Å²) in [7, 11) is 0. The van der Waals surface area contributed by atoms with E-state index >= 15 is 0 Å². The van der Waals surface area contributed by atoms with E-state index < -0.39 is 17.2 Å². The molecule has 1 amide bonds. The summed E-state index contributed by atoms with van der Waals surface area (Å²) in [6.07, 6.45) is 4.04. The fourth-order valence-electron chi connectivity index (χ4n) is 5.44. The third kappa shape index (κ3) is 5.52. The number of likely N-dealkylation sites (tertiary alicyclic amines) is 2. The molecule has 0 aliphatic carbocycles. The lowest BCUT2D eigenvalue weighted by Gasteiger charge is -2.37. The smallest absolute Gasteiger partial charge is 0.410 e. The maximum Gasteiger partial charge on any atom is 0.410 e. The molecule has 9 nitrogen and oxygen atoms in total. The Morgan fingerprint density at radius 1 is 1.11 bits per heavy atom. The lowest BCUT2D eigenvalue weighted by Crippen LogP contribution is -2.44. The van der Waals surface area contributed by atoms with Gasteiger partial charge in [0, 0.05) is 30.9 Å². The van der Waals surface area contributed by atoms with Crippen molar-refractivity contribution >= 4 is 17.0 Å². The zero-order valence-electron chi connectivity index (χ0n) is 22.5. The van der Waals surface area contributed by atoms with Crippen molar-refractivity contribution < 1.29 is 22.8 Å². The largest absolute Gasteiger partial charge is 0.444 e. The molecule has 5 rings (SSSR count). The van der Waals surface area contributed by atoms with Gasteiger partial charge in [-0.1, -0.05) is 6.92 Å². The summed E-state index contributed by atoms with van der Waals surface area (Å²) in [6.45, 7) is 11.9. The Hall–Kier alpha value is -3.08. The third-order valence-electron chi connectivity index (χ3n) is 7.49. The van der Waals surface area contributed by atoms with E-state index in [0.717, 1.165) is 64.5 Å². The first-order valence-corrected chi connectivity index (χ1v) is 13.5. The molecule has 38 heavy (non-hydrogen) atoms. The van der Waals surface area contributed by atoms with Gasteiger partial charge in [0.2, 0.25) is 5.89 Å². The van der Waals surface area contributed by atoms with Crippen LogP contribution in [0.3, 0.4) is 0 Å². The Balaban J connectivity index is 1.16. The number of rotatable bonds is 5. The second-order valence-corrected chi connectivity index (χ2v) is 11.4. The molecule has 0 atom stereocenters. The molecule has 11 heteroatoms. The molecule has 4 heterocycles. The second kappa shape index (κ2) is 10.6. The molecule has 3 aromatic rings. The highest BCUT2D eigenvalue weighted by molar-refractivity contribution is 5.83. The first-order valence-electron chi connectivity index (χ1n) is 13.5. The monoisotopic (exact) mass is 530 g/mol. The number of fused-ring (bicyclic) bond motifs is 1. The van der Waals surface area contributed by atoms with Crippen LogP contribution in [0, 0.1) is 17.6 Å². The summed E-state index contributed by atoms with van der Waals surface area (Å²) in [5.41, 5.74) is 0.202. The minimum absolute atomic E-state index is 0.0294. The average molecular weight is 531 g/mol. The molecule has 2 fully saturated rings. The Morgan fingerprint density at radius 3 is 2.47 bits per heavy atom. The zero-order chi connectivity index (χ0) is 27.0. The fraction of sp³-hybridized carbons (Fsp3) is 0.630. The van der Waals surface area contributed by atoms with Crippen molar-refractivity contribution in [3.8, 4) is 5.95 Å². The maximum absolute atomic E-state index is 14.7. The van der Waals surface area contributed by atoms with E-state index in [0.29, 0.717) is 29.3 Å². The molecule has 0 spiro atoms. The Morgan fingerprint density at radius 2 is 1.82 bits per heavy atom. The second-order valence-electron chi connectivity index (χ2n) is 11.4. The number of halogens is 2. The molecule has 2 aliphatic heterocycles. The molecular formula is C27H36F2N6O3. The first kappa shape index (κ1) is 26.5. The van der Waals surface area contributed by atoms with Gasteiger partial charge in [-0.2, -0.15) is 14.8 Å². The van der Waals surface area contributed by atoms with Gasteiger partial charge in [0.25, 0.3) is 5.95 Å². The van der Waals surface area contributed by atoms with Crippen LogP contribution in [0.1, 0.15) is 70.9 Å². The van der Waals surface area contributed by atoms with Crippen molar-refractivity contribution in [2.45, 2.75) is 71.3 Å². The number of ether oxygens (including phenoxy) is 1. The van der Waals surface area contributed by atoms with Gasteiger partial charge in [-0.05, 0) is 89.2 Å². The normalized spacial score (nSPS) is 18.4. The molecule has 0 bridgehead atoms. The van der Waals surface area contributed by atoms with Crippen molar-refractivity contribution in [3.63, 3.8) is 0 Å². The molecule has 0 radical (unpaired) electrons. The molecule has 2 aliphatic rings. The van der Waals surface area contributed by atoms with E-state index in [4.69, 9.17) is 9.26 Å². The number of hydrogen-bond donors (Lipinski definition) is 0. The van der Waals surface area contributed by atoms with Crippen LogP contribution >= 0.6 is 0 Å². The summed E-state index contributed by atoms with van der Waals surface area (Å²) in [4.78, 5) is 21.1. The summed E-state index contributed by atoms with van der Waals surface area (Å²) in [5.74, 6) is -0.622. The van der Waals surface area contributed by atoms with Gasteiger partial charge < -0.3 is 19.1 Å². The number of amides is 1. The Bertz CT molecular complexity index is 1280. The number of carbonyl (C=O) groups is 1. The molecule has 1 aromatic carbocycles. The van der Waals surface area contributed by atoms with Gasteiger partial charge in [0.1, 0.15) is 11.1 Å². The topological polar surface area (TPSA) is 89.5 Å². The fourth-order valence-corrected chi connectivity index (χ4v) is 5.44. The van der Waals surface area contributed by atoms with E-state index in [2.05, 4.69) is 20.1 Å². The van der Waals surface area contributed by atoms with Crippen LogP contribution in [0.5, 0.6) is 0 Å². The predicted octanol–water partition coefficient (Wildman–Crippen LogP) is 5.08. The number of piperidine rings is 2. The van der Waals surface area contributed by atoms with Gasteiger partial charge in [-0.25, -0.2) is 13.6 Å². The minimum Gasteiger partial charge on any atom is -0.444 e. The SMILES string of the molecule is CCc1nn(-c2noc(C3CCN(CC4CCN(C(=O)OC(C)(C)C)CC4)CC3)n2)c2c(F)c(F)ccc12. The standard InChI is InChI=1S/C27H36F2N6O3/c1-5-21-19-6-7-20(28)22(29)23(19)35(31-21)25-30-24(38-32-25)18-10-12-33(13-11-18)16-17-8-14-34(15-9-17)26(36)37-27(2,3)4/h6-7,17-18H,5,8-16H2,1-4H3. The molecule has 0 unspecified atom stereocenters. The average Bonchev–Trinajstić information content (AvgIpc) is 3.51. The van der Waals surface area contributed by atoms with Gasteiger partial charge in [-0.3, -0.25) is 0 Å². The van der Waals surface area contributed by atoms with Gasteiger partial charge in [-0.15, -0.1) is 0 Å². The van der Waals surface area contributed by atoms with Crippen molar-refractivity contribution in [2.24, 2.45) is 5.92 Å². The van der Waals surface area contributed by atoms with Crippen LogP contribution in [0.25, 0.3) is 16.9 Å². The van der Waals surface area contributed by atoms with Crippen LogP contribution < -0.4 is 0 Å². The van der Waals surface area contributed by atoms with E-state index in [1.165, 1.54) is 10.7 Å². The van der Waals surface area contributed by atoms with Crippen LogP contribution in [-0.4, -0.2) is 74.1 Å². The predicted molar refractivity (Wildman–Crippen MR) is 137 cm³/mol. The quantitative estimate of drug-likeness (QED) is 0.455. The van der Waals surface area contributed by atoms with E-state index in [-0.39, 0.29) is 23.5 Å². The number of aromatic nitrogens is 4. The van der Waals surface area contributed by atoms with Crippen molar-refractivity contribution in [1.29, 1.82) is 0 Å². The first-order chi connectivity index (χ1) is 18.1. The highest BCUT2D eigenvalue weighted by Crippen LogP contribution is 2.31. The van der Waals surface area contributed by atoms with E-state index in [1.807, 2.05) is 32.6 Å². The Kier molecular flexibility index (Phi) is 7.39. The molecule has 0 saturated carbocycles. The zero-order valence-corrected chi connectivity index (χ0v) is 22.5. The molecule has 0 N–H and O–H groups in total. The van der Waals surface area contributed by atoms with Crippen LogP contribution in [-0.2, 0) is 11.2 Å². The highest BCUT2D eigenvalue weighted by Gasteiger charge is 2.31. The molecular weight excluding hydrogens is 494 g/mol. The number of hydrogen-bond acceptors (Lipinski definition) is 7. The van der Waals surface area contributed by atoms with E-state index in [1.54, 1.807) is 0 Å². The maximum atomic E-state index is 14.7. The molecule has 206 valence electrons. The number of benzene rings is 1. The van der Waals surface area contributed by atoms with Crippen LogP contribution in [0.4, 0.5) is 13.6 Å². The van der Waals surface area contributed by atoms with Gasteiger partial charge >= 0.3 is 6.09 Å². The van der Waals surface area contributed by atoms with Crippen LogP contribution in [0.15, 0.2) is 16.7 Å². The lowest BCUT2D eigenvalue weighted by atomic mass is 9.93. The summed E-state index contributed by atoms with van der Waals surface area (Å²) in [5, 5.41) is 9.03. The van der Waals surface area contributed by atoms with Gasteiger partial charge in [0.05, 0.1) is 5.69 Å². The molecule has 2 aromatic heterocycles. The van der Waals surface area contributed by atoms with Gasteiger partial charge in [0.15, 0.2) is 11.6 Å². The number of aryl methyl sites for hydroxylation is 1. The van der Waals surface area contributed by atoms with Crippen LogP contribution in [0.2, 0.25) is 0 Å². The summed E-state index contributed by atoms with van der Waals surface area (Å²) >= 11 is 0. The highest BCUT2D eigenvalue weighted by atomic mass is 19.2. The number of nitrogens with zero attached hydrogens (tertiary/aromatic N) is 6. The summed E-state index contributed by atoms with van der Waals surface area (Å²) in [6, 6.07) is 2.65. The lowest BCUT2D eigenvalue weighted by molar-refractivity contribution is 0.0165. The van der Waals surface area contributed by atoms with E-state index in [9.17, 15) is 13.6 Å². The van der Waals surface area contributed by atoms with Crippen molar-refractivity contribution in [3.05, 3.63) is 35.4 Å². The minimum atomic E-state index is -0.966. The Labute approximate surface area is 221 Å². The number of carbonyl (C=O) groups excluding carboxylic acids is 1.